The van der Waals surface area contributed by atoms with Crippen molar-refractivity contribution < 1.29 is 4.79 Å². The van der Waals surface area contributed by atoms with Gasteiger partial charge in [-0.3, -0.25) is 4.79 Å². The smallest absolute Gasteiger partial charge is 0.251 e. The van der Waals surface area contributed by atoms with Crippen molar-refractivity contribution >= 4 is 5.91 Å². The Hall–Kier alpha value is -1.31. The summed E-state index contributed by atoms with van der Waals surface area (Å²) in [6.07, 6.45) is 11.8. The number of benzene rings is 1. The average molecular weight is 275 g/mol. The van der Waals surface area contributed by atoms with Gasteiger partial charge < -0.3 is 5.32 Å². The monoisotopic (exact) mass is 275 g/mol. The molecule has 0 heterocycles. The molecule has 1 N–H and O–H groups in total. The van der Waals surface area contributed by atoms with Crippen molar-refractivity contribution in [2.75, 3.05) is 6.54 Å². The fraction of sp³-hybridized carbons (Fsp3) is 0.611. The topological polar surface area (TPSA) is 29.1 Å². The summed E-state index contributed by atoms with van der Waals surface area (Å²) in [7, 11) is 0. The van der Waals surface area contributed by atoms with Gasteiger partial charge in [0.2, 0.25) is 0 Å². The number of unbranched alkanes of at least 4 members (excludes halogenated alkanes) is 8. The zero-order valence-corrected chi connectivity index (χ0v) is 12.9. The molecule has 0 spiro atoms. The first-order valence-corrected chi connectivity index (χ1v) is 8.18. The highest BCUT2D eigenvalue weighted by Gasteiger charge is 2.02. The van der Waals surface area contributed by atoms with Gasteiger partial charge >= 0.3 is 0 Å². The van der Waals surface area contributed by atoms with Gasteiger partial charge in [0.05, 0.1) is 0 Å². The highest BCUT2D eigenvalue weighted by atomic mass is 16.1. The maximum Gasteiger partial charge on any atom is 0.251 e. The standard InChI is InChI=1S/C18H29NO/c1-2-3-4-5-6-7-8-9-13-16-19-18(20)17-14-11-10-12-15-17/h10-12,14-15H,2-9,13,16H2,1H3,(H,19,20). The first kappa shape index (κ1) is 16.7. The van der Waals surface area contributed by atoms with Crippen molar-refractivity contribution in [2.24, 2.45) is 0 Å². The van der Waals surface area contributed by atoms with Gasteiger partial charge in [-0.05, 0) is 18.6 Å². The normalized spacial score (nSPS) is 10.4. The summed E-state index contributed by atoms with van der Waals surface area (Å²) in [4.78, 5) is 11.8. The molecule has 0 atom stereocenters. The summed E-state index contributed by atoms with van der Waals surface area (Å²) in [5, 5.41) is 2.98. The molecular formula is C18H29NO. The molecule has 0 aliphatic heterocycles. The van der Waals surface area contributed by atoms with Crippen LogP contribution in [0.2, 0.25) is 0 Å². The van der Waals surface area contributed by atoms with E-state index in [0.29, 0.717) is 0 Å². The number of hydrogen-bond donors (Lipinski definition) is 1. The number of rotatable bonds is 11. The molecule has 2 nitrogen and oxygen atoms in total. The molecule has 0 aliphatic carbocycles. The van der Waals surface area contributed by atoms with Crippen molar-refractivity contribution in [1.82, 2.24) is 5.32 Å². The molecule has 2 heteroatoms. The van der Waals surface area contributed by atoms with Gasteiger partial charge in [-0.2, -0.15) is 0 Å². The minimum Gasteiger partial charge on any atom is -0.352 e. The summed E-state index contributed by atoms with van der Waals surface area (Å²) in [6.45, 7) is 3.05. The highest BCUT2D eigenvalue weighted by molar-refractivity contribution is 5.94. The number of nitrogens with one attached hydrogen (secondary N) is 1. The molecule has 1 aromatic carbocycles. The molecule has 0 aromatic heterocycles. The average Bonchev–Trinajstić information content (AvgIpc) is 2.50. The third-order valence-electron chi connectivity index (χ3n) is 3.60. The van der Waals surface area contributed by atoms with Crippen LogP contribution in [0.1, 0.15) is 75.1 Å². The number of carbonyl (C=O) groups is 1. The summed E-state index contributed by atoms with van der Waals surface area (Å²) in [6, 6.07) is 9.43. The van der Waals surface area contributed by atoms with Crippen LogP contribution in [0.15, 0.2) is 30.3 Å². The van der Waals surface area contributed by atoms with Gasteiger partial charge in [0.1, 0.15) is 0 Å². The van der Waals surface area contributed by atoms with Gasteiger partial charge in [0, 0.05) is 12.1 Å². The van der Waals surface area contributed by atoms with E-state index in [-0.39, 0.29) is 5.91 Å². The summed E-state index contributed by atoms with van der Waals surface area (Å²) < 4.78 is 0. The first-order valence-electron chi connectivity index (χ1n) is 8.18. The second-order valence-electron chi connectivity index (χ2n) is 5.45. The van der Waals surface area contributed by atoms with E-state index in [1.807, 2.05) is 30.3 Å². The van der Waals surface area contributed by atoms with Gasteiger partial charge in [0.25, 0.3) is 5.91 Å². The van der Waals surface area contributed by atoms with Crippen LogP contribution in [0.5, 0.6) is 0 Å². The molecule has 112 valence electrons. The van der Waals surface area contributed by atoms with Crippen molar-refractivity contribution in [3.05, 3.63) is 35.9 Å². The maximum atomic E-state index is 11.8. The minimum absolute atomic E-state index is 0.0464. The Labute approximate surface area is 124 Å². The zero-order valence-electron chi connectivity index (χ0n) is 12.9. The van der Waals surface area contributed by atoms with E-state index in [0.717, 1.165) is 18.5 Å². The van der Waals surface area contributed by atoms with Crippen LogP contribution < -0.4 is 5.32 Å². The Morgan fingerprint density at radius 1 is 0.850 bits per heavy atom. The zero-order chi connectivity index (χ0) is 14.5. The molecular weight excluding hydrogens is 246 g/mol. The third kappa shape index (κ3) is 7.98. The summed E-state index contributed by atoms with van der Waals surface area (Å²) in [5.74, 6) is 0.0464. The quantitative estimate of drug-likeness (QED) is 0.569. The van der Waals surface area contributed by atoms with E-state index in [1.165, 1.54) is 51.4 Å². The van der Waals surface area contributed by atoms with E-state index in [1.54, 1.807) is 0 Å². The number of amides is 1. The van der Waals surface area contributed by atoms with E-state index >= 15 is 0 Å². The second-order valence-corrected chi connectivity index (χ2v) is 5.45. The predicted octanol–water partition coefficient (Wildman–Crippen LogP) is 4.95. The van der Waals surface area contributed by atoms with Crippen molar-refractivity contribution in [1.29, 1.82) is 0 Å². The molecule has 0 fully saturated rings. The van der Waals surface area contributed by atoms with Crippen LogP contribution in [0.4, 0.5) is 0 Å². The lowest BCUT2D eigenvalue weighted by atomic mass is 10.1. The molecule has 0 saturated heterocycles. The van der Waals surface area contributed by atoms with Crippen molar-refractivity contribution in [3.8, 4) is 0 Å². The lowest BCUT2D eigenvalue weighted by molar-refractivity contribution is 0.0953. The molecule has 1 aromatic rings. The molecule has 20 heavy (non-hydrogen) atoms. The van der Waals surface area contributed by atoms with E-state index in [4.69, 9.17) is 0 Å². The Morgan fingerprint density at radius 2 is 1.40 bits per heavy atom. The van der Waals surface area contributed by atoms with Crippen LogP contribution in [0.25, 0.3) is 0 Å². The molecule has 0 bridgehead atoms. The van der Waals surface area contributed by atoms with Gasteiger partial charge in [-0.25, -0.2) is 0 Å². The largest absolute Gasteiger partial charge is 0.352 e. The third-order valence-corrected chi connectivity index (χ3v) is 3.60. The van der Waals surface area contributed by atoms with Crippen LogP contribution in [0, 0.1) is 0 Å². The van der Waals surface area contributed by atoms with Crippen LogP contribution in [0.3, 0.4) is 0 Å². The van der Waals surface area contributed by atoms with Crippen LogP contribution >= 0.6 is 0 Å². The number of hydrogen-bond acceptors (Lipinski definition) is 1. The second kappa shape index (κ2) is 11.5. The fourth-order valence-electron chi connectivity index (χ4n) is 2.33. The molecule has 1 rings (SSSR count). The first-order chi connectivity index (χ1) is 9.84. The highest BCUT2D eigenvalue weighted by Crippen LogP contribution is 2.09. The van der Waals surface area contributed by atoms with Crippen LogP contribution in [-0.4, -0.2) is 12.5 Å². The van der Waals surface area contributed by atoms with Gasteiger partial charge in [-0.15, -0.1) is 0 Å². The summed E-state index contributed by atoms with van der Waals surface area (Å²) in [5.41, 5.74) is 0.753. The van der Waals surface area contributed by atoms with E-state index in [2.05, 4.69) is 12.2 Å². The van der Waals surface area contributed by atoms with Crippen molar-refractivity contribution in [2.45, 2.75) is 64.7 Å². The van der Waals surface area contributed by atoms with Gasteiger partial charge in [-0.1, -0.05) is 76.5 Å². The van der Waals surface area contributed by atoms with Crippen LogP contribution in [-0.2, 0) is 0 Å². The Morgan fingerprint density at radius 3 is 2.00 bits per heavy atom. The van der Waals surface area contributed by atoms with E-state index < -0.39 is 0 Å². The molecule has 0 unspecified atom stereocenters. The molecule has 0 saturated carbocycles. The SMILES string of the molecule is CCCCCCCCCCCNC(=O)c1ccccc1. The van der Waals surface area contributed by atoms with E-state index in [9.17, 15) is 4.79 Å². The lowest BCUT2D eigenvalue weighted by Gasteiger charge is -2.05. The molecule has 1 amide bonds. The predicted molar refractivity (Wildman–Crippen MR) is 86.0 cm³/mol. The fourth-order valence-corrected chi connectivity index (χ4v) is 2.33. The summed E-state index contributed by atoms with van der Waals surface area (Å²) >= 11 is 0. The Kier molecular flexibility index (Phi) is 9.64. The van der Waals surface area contributed by atoms with Gasteiger partial charge in [0.15, 0.2) is 0 Å². The lowest BCUT2D eigenvalue weighted by Crippen LogP contribution is -2.24. The number of carbonyl (C=O) groups excluding carboxylic acids is 1. The Bertz CT molecular complexity index is 348. The minimum atomic E-state index is 0.0464. The maximum absolute atomic E-state index is 11.8. The Balaban J connectivity index is 1.91. The molecule has 0 radical (unpaired) electrons. The van der Waals surface area contributed by atoms with Crippen molar-refractivity contribution in [3.63, 3.8) is 0 Å². The molecule has 0 aliphatic rings.